The zero-order valence-corrected chi connectivity index (χ0v) is 14.5. The van der Waals surface area contributed by atoms with Crippen LogP contribution in [0.3, 0.4) is 0 Å². The first kappa shape index (κ1) is 16.4. The van der Waals surface area contributed by atoms with E-state index in [4.69, 9.17) is 0 Å². The molecule has 1 heterocycles. The standard InChI is InChI=1S/C18H20N2O4S/c21-11-16-10-20(25(23,24)19-16)17-8-15-7-13(12-3-1-2-4-12)5-6-14(15)9-18(17)22/h5-9,11-12,16,19,22H,1-4,10H2. The van der Waals surface area contributed by atoms with Gasteiger partial charge in [-0.2, -0.15) is 13.1 Å². The summed E-state index contributed by atoms with van der Waals surface area (Å²) < 4.78 is 27.8. The van der Waals surface area contributed by atoms with E-state index in [0.717, 1.165) is 15.1 Å². The molecule has 7 heteroatoms. The summed E-state index contributed by atoms with van der Waals surface area (Å²) in [6.07, 6.45) is 5.42. The highest BCUT2D eigenvalue weighted by molar-refractivity contribution is 7.91. The topological polar surface area (TPSA) is 86.7 Å². The van der Waals surface area contributed by atoms with Crippen LogP contribution in [0.25, 0.3) is 10.8 Å². The summed E-state index contributed by atoms with van der Waals surface area (Å²) in [5.41, 5.74) is 1.46. The number of benzene rings is 2. The SMILES string of the molecule is O=CC1CN(c2cc3cc(C4CCCC4)ccc3cc2O)S(=O)(=O)N1. The molecule has 2 N–H and O–H groups in total. The van der Waals surface area contributed by atoms with Crippen molar-refractivity contribution in [3.63, 3.8) is 0 Å². The van der Waals surface area contributed by atoms with Gasteiger partial charge in [0.2, 0.25) is 0 Å². The Morgan fingerprint density at radius 2 is 1.88 bits per heavy atom. The molecule has 1 aliphatic carbocycles. The molecule has 2 fully saturated rings. The van der Waals surface area contributed by atoms with Crippen LogP contribution >= 0.6 is 0 Å². The van der Waals surface area contributed by atoms with Crippen molar-refractivity contribution < 1.29 is 18.3 Å². The second-order valence-corrected chi connectivity index (χ2v) is 8.45. The Bertz CT molecular complexity index is 935. The van der Waals surface area contributed by atoms with Crippen molar-refractivity contribution in [2.45, 2.75) is 37.6 Å². The smallest absolute Gasteiger partial charge is 0.302 e. The summed E-state index contributed by atoms with van der Waals surface area (Å²) >= 11 is 0. The first-order chi connectivity index (χ1) is 12.0. The number of phenolic OH excluding ortho intramolecular Hbond substituents is 1. The summed E-state index contributed by atoms with van der Waals surface area (Å²) in [5.74, 6) is 0.441. The molecule has 0 aromatic heterocycles. The predicted octanol–water partition coefficient (Wildman–Crippen LogP) is 2.42. The van der Waals surface area contributed by atoms with Gasteiger partial charge in [-0.25, -0.2) is 0 Å². The lowest BCUT2D eigenvalue weighted by atomic mass is 9.95. The second-order valence-electron chi connectivity index (χ2n) is 6.83. The molecule has 6 nitrogen and oxygen atoms in total. The number of aromatic hydroxyl groups is 1. The van der Waals surface area contributed by atoms with E-state index in [1.165, 1.54) is 31.2 Å². The summed E-state index contributed by atoms with van der Waals surface area (Å²) in [7, 11) is -3.83. The lowest BCUT2D eigenvalue weighted by molar-refractivity contribution is -0.108. The van der Waals surface area contributed by atoms with Crippen LogP contribution in [0.2, 0.25) is 0 Å². The van der Waals surface area contributed by atoms with Crippen LogP contribution in [0.4, 0.5) is 5.69 Å². The zero-order chi connectivity index (χ0) is 17.6. The van der Waals surface area contributed by atoms with Gasteiger partial charge < -0.3 is 9.90 Å². The fraction of sp³-hybridized carbons (Fsp3) is 0.389. The van der Waals surface area contributed by atoms with Crippen LogP contribution in [0.1, 0.15) is 37.2 Å². The van der Waals surface area contributed by atoms with Crippen LogP contribution < -0.4 is 9.03 Å². The minimum absolute atomic E-state index is 0.0206. The molecule has 2 aromatic carbocycles. The highest BCUT2D eigenvalue weighted by Gasteiger charge is 2.36. The molecule has 25 heavy (non-hydrogen) atoms. The maximum absolute atomic E-state index is 12.2. The zero-order valence-electron chi connectivity index (χ0n) is 13.7. The van der Waals surface area contributed by atoms with Gasteiger partial charge in [-0.1, -0.05) is 31.0 Å². The van der Waals surface area contributed by atoms with Gasteiger partial charge in [0.25, 0.3) is 0 Å². The maximum Gasteiger partial charge on any atom is 0.302 e. The number of nitrogens with zero attached hydrogens (tertiary/aromatic N) is 1. The minimum atomic E-state index is -3.83. The Labute approximate surface area is 146 Å². The van der Waals surface area contributed by atoms with Crippen LogP contribution in [-0.4, -0.2) is 32.4 Å². The molecule has 1 atom stereocenters. The van der Waals surface area contributed by atoms with Gasteiger partial charge in [0.15, 0.2) is 0 Å². The molecule has 1 saturated carbocycles. The lowest BCUT2D eigenvalue weighted by Crippen LogP contribution is -2.30. The molecule has 2 aromatic rings. The van der Waals surface area contributed by atoms with Gasteiger partial charge >= 0.3 is 10.2 Å². The van der Waals surface area contributed by atoms with E-state index in [1.54, 1.807) is 12.1 Å². The average Bonchev–Trinajstić information content (AvgIpc) is 3.21. The van der Waals surface area contributed by atoms with Gasteiger partial charge in [0, 0.05) is 0 Å². The quantitative estimate of drug-likeness (QED) is 0.823. The number of carbonyl (C=O) groups is 1. The van der Waals surface area contributed by atoms with E-state index in [9.17, 15) is 18.3 Å². The molecule has 1 saturated heterocycles. The number of phenols is 1. The predicted molar refractivity (Wildman–Crippen MR) is 96.1 cm³/mol. The Kier molecular flexibility index (Phi) is 3.92. The third kappa shape index (κ3) is 2.87. The van der Waals surface area contributed by atoms with Gasteiger partial charge in [0.05, 0.1) is 18.3 Å². The fourth-order valence-corrected chi connectivity index (χ4v) is 5.27. The van der Waals surface area contributed by atoms with Crippen LogP contribution in [0.5, 0.6) is 5.75 Å². The van der Waals surface area contributed by atoms with Gasteiger partial charge in [0.1, 0.15) is 12.0 Å². The second kappa shape index (κ2) is 6.00. The molecule has 0 radical (unpaired) electrons. The molecule has 1 unspecified atom stereocenters. The lowest BCUT2D eigenvalue weighted by Gasteiger charge is -2.18. The van der Waals surface area contributed by atoms with Crippen molar-refractivity contribution in [1.29, 1.82) is 0 Å². The summed E-state index contributed by atoms with van der Waals surface area (Å²) in [5, 5.41) is 12.1. The summed E-state index contributed by atoms with van der Waals surface area (Å²) in [6, 6.07) is 8.61. The van der Waals surface area contributed by atoms with Crippen molar-refractivity contribution in [3.05, 3.63) is 35.9 Å². The van der Waals surface area contributed by atoms with Crippen molar-refractivity contribution in [2.75, 3.05) is 10.8 Å². The van der Waals surface area contributed by atoms with Crippen LogP contribution in [0.15, 0.2) is 30.3 Å². The number of fused-ring (bicyclic) bond motifs is 1. The van der Waals surface area contributed by atoms with Crippen molar-refractivity contribution >= 4 is 33.0 Å². The number of hydrogen-bond donors (Lipinski definition) is 2. The summed E-state index contributed by atoms with van der Waals surface area (Å²) in [4.78, 5) is 10.9. The van der Waals surface area contributed by atoms with E-state index in [-0.39, 0.29) is 18.0 Å². The van der Waals surface area contributed by atoms with E-state index < -0.39 is 16.3 Å². The molecule has 132 valence electrons. The Hall–Kier alpha value is -2.12. The molecule has 2 aliphatic rings. The molecule has 0 bridgehead atoms. The highest BCUT2D eigenvalue weighted by atomic mass is 32.2. The van der Waals surface area contributed by atoms with E-state index in [2.05, 4.69) is 16.9 Å². The largest absolute Gasteiger partial charge is 0.506 e. The number of hydrogen-bond acceptors (Lipinski definition) is 4. The number of carbonyl (C=O) groups excluding carboxylic acids is 1. The van der Waals surface area contributed by atoms with Crippen molar-refractivity contribution in [1.82, 2.24) is 4.72 Å². The molecule has 0 amide bonds. The average molecular weight is 360 g/mol. The van der Waals surface area contributed by atoms with Crippen molar-refractivity contribution in [3.8, 4) is 5.75 Å². The monoisotopic (exact) mass is 360 g/mol. The van der Waals surface area contributed by atoms with Gasteiger partial charge in [-0.3, -0.25) is 4.31 Å². The van der Waals surface area contributed by atoms with Crippen LogP contribution in [-0.2, 0) is 15.0 Å². The Balaban J connectivity index is 1.78. The number of anilines is 1. The van der Waals surface area contributed by atoms with Crippen molar-refractivity contribution in [2.24, 2.45) is 0 Å². The first-order valence-corrected chi connectivity index (χ1v) is 9.94. The maximum atomic E-state index is 12.2. The molecular formula is C18H20N2O4S. The van der Waals surface area contributed by atoms with E-state index >= 15 is 0 Å². The van der Waals surface area contributed by atoms with E-state index in [1.807, 2.05) is 6.07 Å². The molecule has 0 spiro atoms. The van der Waals surface area contributed by atoms with Crippen LogP contribution in [0, 0.1) is 0 Å². The summed E-state index contributed by atoms with van der Waals surface area (Å²) in [6.45, 7) is -0.0206. The first-order valence-electron chi connectivity index (χ1n) is 8.50. The highest BCUT2D eigenvalue weighted by Crippen LogP contribution is 2.38. The number of aldehydes is 1. The molecule has 4 rings (SSSR count). The Morgan fingerprint density at radius 3 is 2.56 bits per heavy atom. The Morgan fingerprint density at radius 1 is 1.12 bits per heavy atom. The molecule has 1 aliphatic heterocycles. The third-order valence-electron chi connectivity index (χ3n) is 5.17. The normalized spacial score (nSPS) is 23.4. The van der Waals surface area contributed by atoms with E-state index in [0.29, 0.717) is 12.2 Å². The van der Waals surface area contributed by atoms with Gasteiger partial charge in [-0.15, -0.1) is 0 Å². The fourth-order valence-electron chi connectivity index (χ4n) is 3.87. The minimum Gasteiger partial charge on any atom is -0.506 e. The third-order valence-corrected chi connectivity index (χ3v) is 6.70. The van der Waals surface area contributed by atoms with Gasteiger partial charge in [-0.05, 0) is 47.2 Å². The number of rotatable bonds is 3. The molecular weight excluding hydrogens is 340 g/mol. The number of nitrogens with one attached hydrogen (secondary N) is 1.